The minimum Gasteiger partial charge on any atom is -0.475 e. The number of piperidine rings is 1. The van der Waals surface area contributed by atoms with E-state index in [1.807, 2.05) is 30.5 Å². The number of aliphatic carboxylic acids is 3. The standard InChI is InChI=1S/C19H22F2N4.3C2HF3O2/c20-19(21)6-9-24(13-16-3-1-7-22-11-16)14-18(19)5-10-25(15-18)17-4-2-8-23-12-17;3*3-2(4,5)1(6)7/h1-4,7-8,11-12H,5-6,9-10,13-15H2;3*(H,6,7). The van der Waals surface area contributed by atoms with E-state index in [9.17, 15) is 48.3 Å². The molecule has 258 valence electrons. The highest BCUT2D eigenvalue weighted by molar-refractivity contribution is 5.73. The highest BCUT2D eigenvalue weighted by atomic mass is 19.4. The van der Waals surface area contributed by atoms with Gasteiger partial charge in [0.05, 0.1) is 17.3 Å². The van der Waals surface area contributed by atoms with Crippen LogP contribution < -0.4 is 4.90 Å². The lowest BCUT2D eigenvalue weighted by Gasteiger charge is -2.46. The third-order valence-electron chi connectivity index (χ3n) is 6.27. The van der Waals surface area contributed by atoms with E-state index in [2.05, 4.69) is 19.8 Å². The molecular formula is C25H25F11N4O6. The van der Waals surface area contributed by atoms with Crippen molar-refractivity contribution < 1.29 is 78.0 Å². The zero-order valence-corrected chi connectivity index (χ0v) is 23.1. The van der Waals surface area contributed by atoms with Gasteiger partial charge in [0.25, 0.3) is 5.92 Å². The molecule has 2 saturated heterocycles. The first-order valence-electron chi connectivity index (χ1n) is 12.5. The number of carbonyl (C=O) groups is 3. The highest BCUT2D eigenvalue weighted by Crippen LogP contribution is 2.50. The maximum absolute atomic E-state index is 14.9. The molecule has 21 heteroatoms. The monoisotopic (exact) mass is 686 g/mol. The maximum atomic E-state index is 14.9. The molecule has 2 aromatic heterocycles. The molecule has 46 heavy (non-hydrogen) atoms. The Kier molecular flexibility index (Phi) is 13.7. The van der Waals surface area contributed by atoms with Gasteiger partial charge in [-0.25, -0.2) is 23.2 Å². The molecule has 2 aromatic rings. The van der Waals surface area contributed by atoms with Crippen LogP contribution in [0.15, 0.2) is 49.1 Å². The number of hydrogen-bond donors (Lipinski definition) is 3. The minimum atomic E-state index is -5.08. The van der Waals surface area contributed by atoms with Crippen molar-refractivity contribution in [2.75, 3.05) is 31.1 Å². The van der Waals surface area contributed by atoms with Gasteiger partial charge >= 0.3 is 36.4 Å². The van der Waals surface area contributed by atoms with Crippen molar-refractivity contribution in [3.8, 4) is 0 Å². The van der Waals surface area contributed by atoms with Crippen molar-refractivity contribution in [1.29, 1.82) is 0 Å². The van der Waals surface area contributed by atoms with E-state index >= 15 is 0 Å². The van der Waals surface area contributed by atoms with Gasteiger partial charge in [-0.2, -0.15) is 39.5 Å². The minimum absolute atomic E-state index is 0.0753. The molecule has 0 aliphatic carbocycles. The van der Waals surface area contributed by atoms with Crippen LogP contribution in [-0.2, 0) is 20.9 Å². The van der Waals surface area contributed by atoms with E-state index in [-0.39, 0.29) is 6.42 Å². The lowest BCUT2D eigenvalue weighted by atomic mass is 9.75. The maximum Gasteiger partial charge on any atom is 0.490 e. The number of hydrogen-bond acceptors (Lipinski definition) is 7. The summed E-state index contributed by atoms with van der Waals surface area (Å²) in [5.41, 5.74) is 1.02. The molecule has 2 aliphatic heterocycles. The van der Waals surface area contributed by atoms with Crippen LogP contribution in [0, 0.1) is 5.41 Å². The molecule has 0 amide bonds. The number of aromatic nitrogens is 2. The van der Waals surface area contributed by atoms with Gasteiger partial charge in [-0.1, -0.05) is 6.07 Å². The Labute approximate surface area is 252 Å². The summed E-state index contributed by atoms with van der Waals surface area (Å²) in [6.07, 6.45) is -7.80. The first-order chi connectivity index (χ1) is 20.9. The average molecular weight is 686 g/mol. The van der Waals surface area contributed by atoms with Gasteiger partial charge in [0.2, 0.25) is 0 Å². The quantitative estimate of drug-likeness (QED) is 0.373. The third kappa shape index (κ3) is 12.6. The second-order valence-electron chi connectivity index (χ2n) is 9.60. The smallest absolute Gasteiger partial charge is 0.475 e. The first-order valence-corrected chi connectivity index (χ1v) is 12.5. The Morgan fingerprint density at radius 1 is 0.717 bits per heavy atom. The first kappa shape index (κ1) is 39.7. The van der Waals surface area contributed by atoms with Gasteiger partial charge in [0.15, 0.2) is 0 Å². The molecule has 1 unspecified atom stereocenters. The SMILES string of the molecule is FC1(F)CCN(Cc2cccnc2)CC12CCN(c1cccnc1)C2.O=C(O)C(F)(F)F.O=C(O)C(F)(F)F.O=C(O)C(F)(F)F. The Bertz CT molecular complexity index is 1220. The van der Waals surface area contributed by atoms with Gasteiger partial charge in [-0.15, -0.1) is 0 Å². The largest absolute Gasteiger partial charge is 0.490 e. The van der Waals surface area contributed by atoms with Crippen molar-refractivity contribution in [2.45, 2.75) is 43.8 Å². The van der Waals surface area contributed by atoms with Gasteiger partial charge in [0.1, 0.15) is 0 Å². The van der Waals surface area contributed by atoms with Crippen molar-refractivity contribution in [3.63, 3.8) is 0 Å². The normalized spacial score (nSPS) is 19.4. The van der Waals surface area contributed by atoms with Crippen LogP contribution in [0.2, 0.25) is 0 Å². The molecular weight excluding hydrogens is 661 g/mol. The van der Waals surface area contributed by atoms with Crippen LogP contribution in [0.25, 0.3) is 0 Å². The van der Waals surface area contributed by atoms with E-state index < -0.39 is 47.8 Å². The van der Waals surface area contributed by atoms with Crippen molar-refractivity contribution in [3.05, 3.63) is 54.6 Å². The fraction of sp³-hybridized carbons (Fsp3) is 0.480. The molecule has 3 N–H and O–H groups in total. The molecule has 0 bridgehead atoms. The number of rotatable bonds is 3. The molecule has 1 spiro atoms. The molecule has 10 nitrogen and oxygen atoms in total. The van der Waals surface area contributed by atoms with Crippen LogP contribution in [-0.4, -0.2) is 98.7 Å². The number of pyridine rings is 2. The predicted octanol–water partition coefficient (Wildman–Crippen LogP) is 5.11. The van der Waals surface area contributed by atoms with Crippen LogP contribution >= 0.6 is 0 Å². The fourth-order valence-electron chi connectivity index (χ4n) is 4.13. The summed E-state index contributed by atoms with van der Waals surface area (Å²) >= 11 is 0. The van der Waals surface area contributed by atoms with Crippen LogP contribution in [0.1, 0.15) is 18.4 Å². The highest BCUT2D eigenvalue weighted by Gasteiger charge is 2.59. The van der Waals surface area contributed by atoms with Gasteiger partial charge in [0, 0.05) is 57.7 Å². The number of likely N-dealkylation sites (tertiary alicyclic amines) is 1. The summed E-state index contributed by atoms with van der Waals surface area (Å²) in [6.45, 7) is 2.57. The Balaban J connectivity index is 0.000000413. The molecule has 0 aromatic carbocycles. The van der Waals surface area contributed by atoms with Gasteiger partial charge < -0.3 is 20.2 Å². The molecule has 2 aliphatic rings. The van der Waals surface area contributed by atoms with Crippen LogP contribution in [0.5, 0.6) is 0 Å². The zero-order valence-electron chi connectivity index (χ0n) is 23.1. The van der Waals surface area contributed by atoms with E-state index in [1.54, 1.807) is 18.6 Å². The number of halogens is 11. The van der Waals surface area contributed by atoms with Crippen LogP contribution in [0.3, 0.4) is 0 Å². The van der Waals surface area contributed by atoms with Gasteiger partial charge in [-0.3, -0.25) is 14.9 Å². The second kappa shape index (κ2) is 15.8. The lowest BCUT2D eigenvalue weighted by Crippen LogP contribution is -2.56. The Hall–Kier alpha value is -4.30. The van der Waals surface area contributed by atoms with Crippen molar-refractivity contribution >= 4 is 23.6 Å². The van der Waals surface area contributed by atoms with E-state index in [0.717, 1.165) is 11.3 Å². The van der Waals surface area contributed by atoms with Crippen molar-refractivity contribution in [1.82, 2.24) is 14.9 Å². The molecule has 4 heterocycles. The van der Waals surface area contributed by atoms with E-state index in [1.165, 1.54) is 0 Å². The number of anilines is 1. The number of carboxylic acids is 3. The predicted molar refractivity (Wildman–Crippen MR) is 134 cm³/mol. The second-order valence-corrected chi connectivity index (χ2v) is 9.60. The summed E-state index contributed by atoms with van der Waals surface area (Å²) in [5, 5.41) is 21.4. The van der Waals surface area contributed by atoms with Gasteiger partial charge in [-0.05, 0) is 30.2 Å². The zero-order chi connectivity index (χ0) is 35.6. The third-order valence-corrected chi connectivity index (χ3v) is 6.27. The number of alkyl halides is 11. The molecule has 0 saturated carbocycles. The molecule has 2 fully saturated rings. The Morgan fingerprint density at radius 2 is 1.17 bits per heavy atom. The van der Waals surface area contributed by atoms with E-state index in [0.29, 0.717) is 39.1 Å². The molecule has 0 radical (unpaired) electrons. The number of nitrogens with zero attached hydrogens (tertiary/aromatic N) is 4. The summed E-state index contributed by atoms with van der Waals surface area (Å²) in [5.74, 6) is -10.9. The summed E-state index contributed by atoms with van der Waals surface area (Å²) in [6, 6.07) is 7.70. The number of carboxylic acid groups (broad SMARTS) is 3. The van der Waals surface area contributed by atoms with Crippen molar-refractivity contribution in [2.24, 2.45) is 5.41 Å². The summed E-state index contributed by atoms with van der Waals surface area (Å²) in [4.78, 5) is 39.1. The van der Waals surface area contributed by atoms with E-state index in [4.69, 9.17) is 29.7 Å². The van der Waals surface area contributed by atoms with Crippen LogP contribution in [0.4, 0.5) is 54.0 Å². The summed E-state index contributed by atoms with van der Waals surface area (Å²) in [7, 11) is 0. The molecule has 4 rings (SSSR count). The summed E-state index contributed by atoms with van der Waals surface area (Å²) < 4.78 is 125. The fourth-order valence-corrected chi connectivity index (χ4v) is 4.13. The lowest BCUT2D eigenvalue weighted by molar-refractivity contribution is -0.193. The Morgan fingerprint density at radius 3 is 1.57 bits per heavy atom. The molecule has 1 atom stereocenters. The topological polar surface area (TPSA) is 144 Å². The average Bonchev–Trinajstić information content (AvgIpc) is 3.37.